The highest BCUT2D eigenvalue weighted by molar-refractivity contribution is 5.59. The van der Waals surface area contributed by atoms with Gasteiger partial charge in [-0.15, -0.1) is 0 Å². The first kappa shape index (κ1) is 12.5. The third-order valence-corrected chi connectivity index (χ3v) is 2.61. The summed E-state index contributed by atoms with van der Waals surface area (Å²) < 4.78 is 13.3. The number of halogens is 1. The minimum Gasteiger partial charge on any atom is -0.373 e. The summed E-state index contributed by atoms with van der Waals surface area (Å²) in [5.74, 6) is -0.442. The lowest BCUT2D eigenvalue weighted by Gasteiger charge is -2.20. The summed E-state index contributed by atoms with van der Waals surface area (Å²) in [6.07, 6.45) is 3.37. The summed E-state index contributed by atoms with van der Waals surface area (Å²) in [6, 6.07) is 6.67. The third-order valence-electron chi connectivity index (χ3n) is 2.61. The molecule has 0 saturated carbocycles. The number of hydrogen-bond donors (Lipinski definition) is 0. The molecule has 0 aliphatic heterocycles. The predicted molar refractivity (Wildman–Crippen MR) is 63.9 cm³/mol. The molecule has 1 aromatic rings. The molecule has 0 atom stereocenters. The monoisotopic (exact) mass is 220 g/mol. The predicted octanol–water partition coefficient (Wildman–Crippen LogP) is 3.32. The first-order valence-corrected chi connectivity index (χ1v) is 5.60. The second kappa shape index (κ2) is 6.12. The smallest absolute Gasteiger partial charge is 0.143 e. The normalized spacial score (nSPS) is 9.88. The SMILES string of the molecule is CCCCCN(C)c1cccc(F)c1C#N. The van der Waals surface area contributed by atoms with E-state index < -0.39 is 5.82 Å². The summed E-state index contributed by atoms with van der Waals surface area (Å²) in [4.78, 5) is 1.94. The molecule has 0 aromatic heterocycles. The lowest BCUT2D eigenvalue weighted by Crippen LogP contribution is -2.19. The van der Waals surface area contributed by atoms with Gasteiger partial charge in [0.05, 0.1) is 5.69 Å². The second-order valence-corrected chi connectivity index (χ2v) is 3.87. The Morgan fingerprint density at radius 2 is 2.12 bits per heavy atom. The minimum absolute atomic E-state index is 0.140. The van der Waals surface area contributed by atoms with Crippen molar-refractivity contribution in [3.05, 3.63) is 29.6 Å². The lowest BCUT2D eigenvalue weighted by molar-refractivity contribution is 0.622. The van der Waals surface area contributed by atoms with E-state index in [1.807, 2.05) is 18.0 Å². The second-order valence-electron chi connectivity index (χ2n) is 3.87. The molecular weight excluding hydrogens is 203 g/mol. The van der Waals surface area contributed by atoms with Gasteiger partial charge in [-0.3, -0.25) is 0 Å². The molecule has 0 radical (unpaired) electrons. The van der Waals surface area contributed by atoms with E-state index in [-0.39, 0.29) is 5.56 Å². The van der Waals surface area contributed by atoms with E-state index in [1.54, 1.807) is 12.1 Å². The first-order valence-electron chi connectivity index (χ1n) is 5.60. The average molecular weight is 220 g/mol. The Kier molecular flexibility index (Phi) is 4.78. The lowest BCUT2D eigenvalue weighted by atomic mass is 10.1. The van der Waals surface area contributed by atoms with E-state index in [9.17, 15) is 4.39 Å². The van der Waals surface area contributed by atoms with Crippen molar-refractivity contribution in [3.8, 4) is 6.07 Å². The number of rotatable bonds is 5. The minimum atomic E-state index is -0.442. The Hall–Kier alpha value is -1.56. The summed E-state index contributed by atoms with van der Waals surface area (Å²) in [7, 11) is 1.89. The number of nitrogens with zero attached hydrogens (tertiary/aromatic N) is 2. The van der Waals surface area contributed by atoms with Gasteiger partial charge in [-0.25, -0.2) is 4.39 Å². The van der Waals surface area contributed by atoms with Crippen LogP contribution in [0, 0.1) is 17.1 Å². The van der Waals surface area contributed by atoms with Crippen LogP contribution in [0.15, 0.2) is 18.2 Å². The summed E-state index contributed by atoms with van der Waals surface area (Å²) >= 11 is 0. The van der Waals surface area contributed by atoms with Crippen LogP contribution in [0.1, 0.15) is 31.7 Å². The molecule has 86 valence electrons. The first-order chi connectivity index (χ1) is 7.70. The Morgan fingerprint density at radius 1 is 1.38 bits per heavy atom. The zero-order chi connectivity index (χ0) is 12.0. The van der Waals surface area contributed by atoms with E-state index in [0.29, 0.717) is 5.69 Å². The fraction of sp³-hybridized carbons (Fsp3) is 0.462. The molecule has 0 amide bonds. The average Bonchev–Trinajstić information content (AvgIpc) is 2.29. The van der Waals surface area contributed by atoms with Gasteiger partial charge in [-0.1, -0.05) is 25.8 Å². The quantitative estimate of drug-likeness (QED) is 0.712. The molecule has 0 unspecified atom stereocenters. The standard InChI is InChI=1S/C13H17FN2/c1-3-4-5-9-16(2)13-8-6-7-12(14)11(13)10-15/h6-8H,3-5,9H2,1-2H3. The van der Waals surface area contributed by atoms with E-state index in [1.165, 1.54) is 6.07 Å². The molecule has 3 heteroatoms. The van der Waals surface area contributed by atoms with Crippen LogP contribution in [0.5, 0.6) is 0 Å². The van der Waals surface area contributed by atoms with E-state index in [4.69, 9.17) is 5.26 Å². The fourth-order valence-corrected chi connectivity index (χ4v) is 1.66. The molecule has 0 aliphatic carbocycles. The van der Waals surface area contributed by atoms with Crippen LogP contribution in [-0.4, -0.2) is 13.6 Å². The Balaban J connectivity index is 2.79. The largest absolute Gasteiger partial charge is 0.373 e. The van der Waals surface area contributed by atoms with E-state index in [0.717, 1.165) is 25.8 Å². The van der Waals surface area contributed by atoms with Crippen LogP contribution in [0.3, 0.4) is 0 Å². The number of nitriles is 1. The van der Waals surface area contributed by atoms with Crippen molar-refractivity contribution in [2.45, 2.75) is 26.2 Å². The molecule has 0 saturated heterocycles. The molecule has 2 nitrogen and oxygen atoms in total. The molecule has 1 rings (SSSR count). The molecule has 0 bridgehead atoms. The van der Waals surface area contributed by atoms with Gasteiger partial charge in [0.15, 0.2) is 0 Å². The maximum atomic E-state index is 13.3. The van der Waals surface area contributed by atoms with Crippen molar-refractivity contribution in [2.75, 3.05) is 18.5 Å². The molecule has 0 N–H and O–H groups in total. The van der Waals surface area contributed by atoms with Crippen LogP contribution < -0.4 is 4.90 Å². The van der Waals surface area contributed by atoms with Gasteiger partial charge in [-0.05, 0) is 18.6 Å². The Morgan fingerprint density at radius 3 is 2.75 bits per heavy atom. The Bertz CT molecular complexity index is 382. The molecule has 1 aromatic carbocycles. The van der Waals surface area contributed by atoms with Crippen molar-refractivity contribution in [2.24, 2.45) is 0 Å². The van der Waals surface area contributed by atoms with Crippen molar-refractivity contribution < 1.29 is 4.39 Å². The zero-order valence-corrected chi connectivity index (χ0v) is 9.83. The number of benzene rings is 1. The molecule has 0 heterocycles. The highest BCUT2D eigenvalue weighted by atomic mass is 19.1. The number of unbranched alkanes of at least 4 members (excludes halogenated alkanes) is 2. The van der Waals surface area contributed by atoms with Gasteiger partial charge < -0.3 is 4.90 Å². The summed E-state index contributed by atoms with van der Waals surface area (Å²) in [5.41, 5.74) is 0.820. The van der Waals surface area contributed by atoms with Crippen LogP contribution in [0.2, 0.25) is 0 Å². The van der Waals surface area contributed by atoms with Crippen LogP contribution in [0.25, 0.3) is 0 Å². The number of anilines is 1. The highest BCUT2D eigenvalue weighted by Crippen LogP contribution is 2.21. The van der Waals surface area contributed by atoms with Crippen LogP contribution in [0.4, 0.5) is 10.1 Å². The van der Waals surface area contributed by atoms with Crippen molar-refractivity contribution in [3.63, 3.8) is 0 Å². The topological polar surface area (TPSA) is 27.0 Å². The van der Waals surface area contributed by atoms with Gasteiger partial charge in [-0.2, -0.15) is 5.26 Å². The van der Waals surface area contributed by atoms with E-state index >= 15 is 0 Å². The van der Waals surface area contributed by atoms with Crippen molar-refractivity contribution in [1.29, 1.82) is 5.26 Å². The van der Waals surface area contributed by atoms with Crippen molar-refractivity contribution >= 4 is 5.69 Å². The summed E-state index contributed by atoms with van der Waals surface area (Å²) in [5, 5.41) is 8.90. The zero-order valence-electron chi connectivity index (χ0n) is 9.83. The third kappa shape index (κ3) is 2.96. The van der Waals surface area contributed by atoms with Crippen LogP contribution >= 0.6 is 0 Å². The highest BCUT2D eigenvalue weighted by Gasteiger charge is 2.10. The molecule has 0 aliphatic rings. The van der Waals surface area contributed by atoms with Crippen LogP contribution in [-0.2, 0) is 0 Å². The van der Waals surface area contributed by atoms with Crippen molar-refractivity contribution in [1.82, 2.24) is 0 Å². The Labute approximate surface area is 96.3 Å². The van der Waals surface area contributed by atoms with Gasteiger partial charge in [0.2, 0.25) is 0 Å². The van der Waals surface area contributed by atoms with Gasteiger partial charge in [0.25, 0.3) is 0 Å². The maximum Gasteiger partial charge on any atom is 0.143 e. The molecule has 0 spiro atoms. The molecule has 0 fully saturated rings. The fourth-order valence-electron chi connectivity index (χ4n) is 1.66. The van der Waals surface area contributed by atoms with E-state index in [2.05, 4.69) is 6.92 Å². The molecular formula is C13H17FN2. The van der Waals surface area contributed by atoms with Gasteiger partial charge in [0, 0.05) is 13.6 Å². The molecule has 16 heavy (non-hydrogen) atoms. The number of hydrogen-bond acceptors (Lipinski definition) is 2. The maximum absolute atomic E-state index is 13.3. The van der Waals surface area contributed by atoms with Gasteiger partial charge >= 0.3 is 0 Å². The summed E-state index contributed by atoms with van der Waals surface area (Å²) in [6.45, 7) is 2.99. The van der Waals surface area contributed by atoms with Gasteiger partial charge in [0.1, 0.15) is 17.4 Å².